The first kappa shape index (κ1) is 36.5. The number of nitrogens with zero attached hydrogens (tertiary/aromatic N) is 2. The third-order valence-corrected chi connectivity index (χ3v) is 9.02. The van der Waals surface area contributed by atoms with Crippen LogP contribution in [0.4, 0.5) is 0 Å². The molecule has 0 aromatic heterocycles. The van der Waals surface area contributed by atoms with Gasteiger partial charge in [0.1, 0.15) is 22.6 Å². The number of aliphatic imine (C=N–C) groups is 2. The van der Waals surface area contributed by atoms with Gasteiger partial charge in [-0.15, -0.1) is 0 Å². The van der Waals surface area contributed by atoms with Crippen LogP contribution in [0.3, 0.4) is 0 Å². The maximum absolute atomic E-state index is 14.4. The molecule has 6 heteroatoms. The number of phenols is 2. The number of hydrogen-bond acceptors (Lipinski definition) is 6. The van der Waals surface area contributed by atoms with Gasteiger partial charge < -0.3 is 10.2 Å². The molecule has 0 atom stereocenters. The Balaban J connectivity index is 2.31. The first-order valence-corrected chi connectivity index (χ1v) is 16.6. The molecular formula is C42H52N2O4. The lowest BCUT2D eigenvalue weighted by Crippen LogP contribution is -2.53. The number of benzene rings is 2. The number of allylic oxidation sites excluding steroid dienone is 4. The van der Waals surface area contributed by atoms with Crippen molar-refractivity contribution in [1.82, 2.24) is 0 Å². The van der Waals surface area contributed by atoms with E-state index in [1.165, 1.54) is 0 Å². The quantitative estimate of drug-likeness (QED) is 0.316. The molecule has 2 aliphatic carbocycles. The van der Waals surface area contributed by atoms with Crippen LogP contribution in [0.1, 0.15) is 94.2 Å². The van der Waals surface area contributed by atoms with E-state index in [1.54, 1.807) is 48.8 Å². The fourth-order valence-corrected chi connectivity index (χ4v) is 6.11. The van der Waals surface area contributed by atoms with Gasteiger partial charge in [0, 0.05) is 45.8 Å². The summed E-state index contributed by atoms with van der Waals surface area (Å²) in [5, 5.41) is 21.6. The Labute approximate surface area is 286 Å². The van der Waals surface area contributed by atoms with Crippen LogP contribution in [0.5, 0.6) is 11.5 Å². The zero-order valence-corrected chi connectivity index (χ0v) is 30.7. The molecule has 0 bridgehead atoms. The van der Waals surface area contributed by atoms with Crippen LogP contribution in [0, 0.1) is 21.7 Å². The van der Waals surface area contributed by atoms with Crippen molar-refractivity contribution in [2.75, 3.05) is 0 Å². The molecule has 2 aromatic carbocycles. The summed E-state index contributed by atoms with van der Waals surface area (Å²) < 4.78 is 0. The minimum Gasteiger partial charge on any atom is -0.507 e. The second-order valence-corrected chi connectivity index (χ2v) is 17.2. The fraction of sp³-hybridized carbons (Fsp3) is 0.429. The average molecular weight is 649 g/mol. The lowest BCUT2D eigenvalue weighted by atomic mass is 9.60. The van der Waals surface area contributed by atoms with Crippen molar-refractivity contribution in [3.63, 3.8) is 0 Å². The second kappa shape index (κ2) is 12.3. The van der Waals surface area contributed by atoms with Crippen LogP contribution >= 0.6 is 0 Å². The Kier molecular flexibility index (Phi) is 9.35. The molecule has 0 saturated heterocycles. The molecule has 4 rings (SSSR count). The normalized spacial score (nSPS) is 18.9. The summed E-state index contributed by atoms with van der Waals surface area (Å²) in [4.78, 5) is 39.4. The number of para-hydroxylation sites is 2. The van der Waals surface area contributed by atoms with E-state index in [-0.39, 0.29) is 23.1 Å². The SMILES string of the molecule is CC(C)(C)C1=CC(N=Cc2ccccc2O)(C2(N=Cc3ccccc3O)C=C(C(C)(C)C)C(=O)C(C(C)(C)C)=C2)C=C(C(C)(C)C)C1=O. The molecule has 0 aliphatic heterocycles. The minimum atomic E-state index is -1.39. The third kappa shape index (κ3) is 7.08. The predicted octanol–water partition coefficient (Wildman–Crippen LogP) is 9.17. The van der Waals surface area contributed by atoms with Gasteiger partial charge >= 0.3 is 0 Å². The van der Waals surface area contributed by atoms with Crippen LogP contribution in [-0.4, -0.2) is 45.3 Å². The lowest BCUT2D eigenvalue weighted by Gasteiger charge is -2.47. The highest BCUT2D eigenvalue weighted by Gasteiger charge is 2.55. The molecule has 48 heavy (non-hydrogen) atoms. The lowest BCUT2D eigenvalue weighted by molar-refractivity contribution is -0.115. The molecule has 6 nitrogen and oxygen atoms in total. The van der Waals surface area contributed by atoms with Crippen LogP contribution in [0.2, 0.25) is 0 Å². The zero-order chi connectivity index (χ0) is 36.1. The molecule has 2 N–H and O–H groups in total. The largest absolute Gasteiger partial charge is 0.507 e. The summed E-state index contributed by atoms with van der Waals surface area (Å²) in [6.07, 6.45) is 10.9. The van der Waals surface area contributed by atoms with E-state index in [0.29, 0.717) is 33.4 Å². The van der Waals surface area contributed by atoms with Gasteiger partial charge in [-0.3, -0.25) is 19.6 Å². The van der Waals surface area contributed by atoms with Gasteiger partial charge in [-0.1, -0.05) is 107 Å². The molecule has 0 spiro atoms. The summed E-state index contributed by atoms with van der Waals surface area (Å²) in [7, 11) is 0. The molecular weight excluding hydrogens is 596 g/mol. The molecule has 0 radical (unpaired) electrons. The van der Waals surface area contributed by atoms with Gasteiger partial charge in [-0.2, -0.15) is 0 Å². The van der Waals surface area contributed by atoms with E-state index in [9.17, 15) is 19.8 Å². The average Bonchev–Trinajstić information content (AvgIpc) is 2.95. The summed E-state index contributed by atoms with van der Waals surface area (Å²) >= 11 is 0. The molecule has 0 fully saturated rings. The van der Waals surface area contributed by atoms with Gasteiger partial charge in [0.15, 0.2) is 11.6 Å². The van der Waals surface area contributed by atoms with Crippen LogP contribution in [0.15, 0.2) is 105 Å². The maximum atomic E-state index is 14.4. The highest BCUT2D eigenvalue weighted by atomic mass is 16.3. The zero-order valence-electron chi connectivity index (χ0n) is 30.7. The number of carbonyl (C=O) groups excluding carboxylic acids is 2. The molecule has 0 amide bonds. The third-order valence-electron chi connectivity index (χ3n) is 9.02. The van der Waals surface area contributed by atoms with Gasteiger partial charge in [0.05, 0.1) is 0 Å². The minimum absolute atomic E-state index is 0.0600. The second-order valence-electron chi connectivity index (χ2n) is 17.2. The number of Topliss-reactive ketones (excluding diaryl/α,β-unsaturated/α-hetero) is 2. The highest BCUT2D eigenvalue weighted by Crippen LogP contribution is 2.51. The van der Waals surface area contributed by atoms with Crippen molar-refractivity contribution in [1.29, 1.82) is 0 Å². The Bertz CT molecular complexity index is 1600. The number of carbonyl (C=O) groups is 2. The van der Waals surface area contributed by atoms with E-state index in [4.69, 9.17) is 9.98 Å². The Morgan fingerprint density at radius 2 is 0.729 bits per heavy atom. The number of phenolic OH excluding ortho intramolecular Hbond substituents is 2. The van der Waals surface area contributed by atoms with Crippen molar-refractivity contribution in [3.05, 3.63) is 106 Å². The van der Waals surface area contributed by atoms with Crippen LogP contribution in [-0.2, 0) is 9.59 Å². The van der Waals surface area contributed by atoms with E-state index < -0.39 is 32.7 Å². The number of rotatable bonds is 5. The molecule has 0 heterocycles. The Morgan fingerprint density at radius 3 is 0.958 bits per heavy atom. The van der Waals surface area contributed by atoms with Crippen molar-refractivity contribution >= 4 is 24.0 Å². The monoisotopic (exact) mass is 648 g/mol. The van der Waals surface area contributed by atoms with Crippen molar-refractivity contribution in [2.45, 2.75) is 94.2 Å². The fourth-order valence-electron chi connectivity index (χ4n) is 6.11. The number of aromatic hydroxyl groups is 2. The van der Waals surface area contributed by atoms with Gasteiger partial charge in [-0.25, -0.2) is 0 Å². The first-order valence-electron chi connectivity index (χ1n) is 16.6. The van der Waals surface area contributed by atoms with Gasteiger partial charge in [0.25, 0.3) is 0 Å². The Hall–Kier alpha value is -4.32. The summed E-state index contributed by atoms with van der Waals surface area (Å²) in [5.74, 6) is 0.00169. The number of hydrogen-bond donors (Lipinski definition) is 2. The van der Waals surface area contributed by atoms with E-state index >= 15 is 0 Å². The van der Waals surface area contributed by atoms with Gasteiger partial charge in [-0.05, 0) is 70.2 Å². The van der Waals surface area contributed by atoms with Gasteiger partial charge in [0.2, 0.25) is 0 Å². The van der Waals surface area contributed by atoms with E-state index in [1.807, 2.05) is 120 Å². The smallest absolute Gasteiger partial charge is 0.185 e. The van der Waals surface area contributed by atoms with E-state index in [0.717, 1.165) is 0 Å². The molecule has 0 saturated carbocycles. The standard InChI is InChI=1S/C42H52N2O4/c1-37(2,3)29-21-41(22-30(35(29)47)38(4,5)6,43-25-27-17-13-15-19-33(27)45)42(44-26-28-18-14-16-20-34(28)46)23-31(39(7,8)9)36(48)32(24-42)40(10,11)12/h13-26,45-46H,1-12H3. The van der Waals surface area contributed by atoms with Crippen molar-refractivity contribution in [2.24, 2.45) is 31.6 Å². The number of ketones is 2. The molecule has 2 aromatic rings. The van der Waals surface area contributed by atoms with E-state index in [2.05, 4.69) is 0 Å². The van der Waals surface area contributed by atoms with Crippen molar-refractivity contribution in [3.8, 4) is 11.5 Å². The summed E-state index contributed by atoms with van der Waals surface area (Å²) in [6, 6.07) is 13.9. The van der Waals surface area contributed by atoms with Crippen LogP contribution < -0.4 is 0 Å². The predicted molar refractivity (Wildman–Crippen MR) is 197 cm³/mol. The molecule has 2 aliphatic rings. The summed E-state index contributed by atoms with van der Waals surface area (Å²) in [6.45, 7) is 24.1. The summed E-state index contributed by atoms with van der Waals surface area (Å²) in [5.41, 5.74) is -1.75. The molecule has 254 valence electrons. The maximum Gasteiger partial charge on any atom is 0.185 e. The first-order chi connectivity index (χ1) is 21.9. The van der Waals surface area contributed by atoms with Crippen molar-refractivity contribution < 1.29 is 19.8 Å². The molecule has 0 unspecified atom stereocenters. The van der Waals surface area contributed by atoms with Crippen LogP contribution in [0.25, 0.3) is 0 Å². The highest BCUT2D eigenvalue weighted by molar-refractivity contribution is 6.13. The Morgan fingerprint density at radius 1 is 0.479 bits per heavy atom. The topological polar surface area (TPSA) is 99.3 Å².